The maximum atomic E-state index is 3.80. The third kappa shape index (κ3) is 2.74. The van der Waals surface area contributed by atoms with Gasteiger partial charge in [0.05, 0.1) is 0 Å². The molecule has 1 saturated heterocycles. The van der Waals surface area contributed by atoms with Crippen LogP contribution < -0.4 is 0 Å². The molecule has 0 saturated carbocycles. The van der Waals surface area contributed by atoms with Gasteiger partial charge in [-0.05, 0) is 43.5 Å². The minimum Gasteiger partial charge on any atom is -0.300 e. The van der Waals surface area contributed by atoms with Crippen LogP contribution in [0.2, 0.25) is 0 Å². The third-order valence-electron chi connectivity index (χ3n) is 3.32. The second-order valence-electron chi connectivity index (χ2n) is 4.39. The van der Waals surface area contributed by atoms with E-state index in [9.17, 15) is 0 Å². The van der Waals surface area contributed by atoms with Crippen molar-refractivity contribution in [2.24, 2.45) is 0 Å². The number of benzene rings is 1. The van der Waals surface area contributed by atoms with Crippen LogP contribution in [0.5, 0.6) is 0 Å². The molecular weight excluding hydrogens is 262 g/mol. The highest BCUT2D eigenvalue weighted by Crippen LogP contribution is 2.32. The van der Waals surface area contributed by atoms with Gasteiger partial charge in [-0.3, -0.25) is 4.90 Å². The molecule has 86 valence electrons. The van der Waals surface area contributed by atoms with Gasteiger partial charge in [0.25, 0.3) is 0 Å². The molecule has 0 bridgehead atoms. The molecule has 0 radical (unpaired) electrons. The first-order chi connectivity index (χ1) is 7.81. The second-order valence-corrected chi connectivity index (χ2v) is 5.24. The van der Waals surface area contributed by atoms with Gasteiger partial charge in [0.15, 0.2) is 0 Å². The summed E-state index contributed by atoms with van der Waals surface area (Å²) in [6.07, 6.45) is 4.52. The van der Waals surface area contributed by atoms with Gasteiger partial charge in [0.2, 0.25) is 0 Å². The maximum absolute atomic E-state index is 3.80. The van der Waals surface area contributed by atoms with E-state index in [-0.39, 0.29) is 0 Å². The molecule has 2 rings (SSSR count). The lowest BCUT2D eigenvalue weighted by molar-refractivity contribution is 0.232. The largest absolute Gasteiger partial charge is 0.300 e. The molecule has 0 amide bonds. The van der Waals surface area contributed by atoms with E-state index in [2.05, 4.69) is 51.7 Å². The molecular formula is C14H18BrN. The van der Waals surface area contributed by atoms with Gasteiger partial charge in [-0.2, -0.15) is 0 Å². The number of piperidine rings is 1. The quantitative estimate of drug-likeness (QED) is 0.761. The van der Waals surface area contributed by atoms with E-state index >= 15 is 0 Å². The molecule has 1 aromatic rings. The Kier molecular flexibility index (Phi) is 4.19. The monoisotopic (exact) mass is 279 g/mol. The fourth-order valence-electron chi connectivity index (χ4n) is 2.42. The van der Waals surface area contributed by atoms with Crippen LogP contribution in [0.25, 0.3) is 0 Å². The minimum absolute atomic E-state index is 0.719. The van der Waals surface area contributed by atoms with Crippen molar-refractivity contribution in [2.75, 3.05) is 19.6 Å². The van der Waals surface area contributed by atoms with E-state index in [0.717, 1.165) is 12.5 Å². The predicted octanol–water partition coefficient (Wildman–Crippen LogP) is 3.81. The van der Waals surface area contributed by atoms with Crippen LogP contribution >= 0.6 is 15.9 Å². The number of nitrogens with zero attached hydrogens (tertiary/aromatic N) is 1. The summed E-state index contributed by atoms with van der Waals surface area (Å²) < 4.78 is 1.26. The Morgan fingerprint density at radius 3 is 2.62 bits per heavy atom. The summed E-state index contributed by atoms with van der Waals surface area (Å²) in [5.74, 6) is 0.719. The van der Waals surface area contributed by atoms with Crippen LogP contribution in [0.1, 0.15) is 24.3 Å². The highest BCUT2D eigenvalue weighted by Gasteiger charge is 2.20. The molecule has 2 heteroatoms. The molecule has 0 spiro atoms. The number of hydrogen-bond acceptors (Lipinski definition) is 1. The molecule has 0 unspecified atom stereocenters. The zero-order valence-corrected chi connectivity index (χ0v) is 11.1. The van der Waals surface area contributed by atoms with E-state index in [1.165, 1.54) is 36.0 Å². The number of hydrogen-bond donors (Lipinski definition) is 0. The molecule has 16 heavy (non-hydrogen) atoms. The zero-order chi connectivity index (χ0) is 11.4. The molecule has 1 aliphatic heterocycles. The Morgan fingerprint density at radius 2 is 2.00 bits per heavy atom. The van der Waals surface area contributed by atoms with Crippen molar-refractivity contribution in [1.82, 2.24) is 4.90 Å². The van der Waals surface area contributed by atoms with Crippen LogP contribution in [-0.2, 0) is 0 Å². The summed E-state index contributed by atoms with van der Waals surface area (Å²) in [4.78, 5) is 2.47. The van der Waals surface area contributed by atoms with Crippen LogP contribution in [-0.4, -0.2) is 24.5 Å². The van der Waals surface area contributed by atoms with Gasteiger partial charge in [0.1, 0.15) is 0 Å². The lowest BCUT2D eigenvalue weighted by atomic mass is 9.89. The smallest absolute Gasteiger partial charge is 0.0210 e. The fourth-order valence-corrected chi connectivity index (χ4v) is 3.02. The summed E-state index contributed by atoms with van der Waals surface area (Å²) in [5.41, 5.74) is 1.47. The molecule has 0 atom stereocenters. The van der Waals surface area contributed by atoms with Crippen molar-refractivity contribution in [3.05, 3.63) is 47.0 Å². The third-order valence-corrected chi connectivity index (χ3v) is 4.04. The summed E-state index contributed by atoms with van der Waals surface area (Å²) >= 11 is 3.65. The summed E-state index contributed by atoms with van der Waals surface area (Å²) in [5, 5.41) is 0. The van der Waals surface area contributed by atoms with Gasteiger partial charge in [-0.25, -0.2) is 0 Å². The maximum Gasteiger partial charge on any atom is 0.0210 e. The molecule has 1 aromatic carbocycles. The van der Waals surface area contributed by atoms with Gasteiger partial charge in [-0.1, -0.05) is 40.2 Å². The van der Waals surface area contributed by atoms with Crippen molar-refractivity contribution in [1.29, 1.82) is 0 Å². The Bertz CT molecular complexity index is 354. The average Bonchev–Trinajstić information content (AvgIpc) is 2.31. The fraction of sp³-hybridized carbons (Fsp3) is 0.429. The van der Waals surface area contributed by atoms with Gasteiger partial charge in [-0.15, -0.1) is 6.58 Å². The normalized spacial score (nSPS) is 18.6. The Labute approximate surface area is 106 Å². The highest BCUT2D eigenvalue weighted by atomic mass is 79.9. The average molecular weight is 280 g/mol. The molecule has 1 fully saturated rings. The van der Waals surface area contributed by atoms with Crippen LogP contribution in [0, 0.1) is 0 Å². The topological polar surface area (TPSA) is 3.24 Å². The molecule has 0 N–H and O–H groups in total. The number of rotatable bonds is 3. The molecule has 1 nitrogen and oxygen atoms in total. The first kappa shape index (κ1) is 11.9. The molecule has 0 aliphatic carbocycles. The van der Waals surface area contributed by atoms with E-state index in [1.807, 2.05) is 6.08 Å². The minimum atomic E-state index is 0.719. The van der Waals surface area contributed by atoms with Gasteiger partial charge < -0.3 is 0 Å². The SMILES string of the molecule is C=CCN1CCC(c2ccccc2Br)CC1. The lowest BCUT2D eigenvalue weighted by Gasteiger charge is -2.31. The van der Waals surface area contributed by atoms with Crippen molar-refractivity contribution in [2.45, 2.75) is 18.8 Å². The number of halogens is 1. The van der Waals surface area contributed by atoms with E-state index in [1.54, 1.807) is 0 Å². The zero-order valence-electron chi connectivity index (χ0n) is 9.53. The van der Waals surface area contributed by atoms with Crippen molar-refractivity contribution in [3.8, 4) is 0 Å². The molecule has 1 heterocycles. The lowest BCUT2D eigenvalue weighted by Crippen LogP contribution is -2.33. The molecule has 0 aromatic heterocycles. The Balaban J connectivity index is 1.99. The first-order valence-electron chi connectivity index (χ1n) is 5.89. The first-order valence-corrected chi connectivity index (χ1v) is 6.68. The van der Waals surface area contributed by atoms with E-state index in [4.69, 9.17) is 0 Å². The summed E-state index contributed by atoms with van der Waals surface area (Å²) in [7, 11) is 0. The van der Waals surface area contributed by atoms with E-state index < -0.39 is 0 Å². The summed E-state index contributed by atoms with van der Waals surface area (Å²) in [6.45, 7) is 7.21. The van der Waals surface area contributed by atoms with Crippen LogP contribution in [0.15, 0.2) is 41.4 Å². The van der Waals surface area contributed by atoms with E-state index in [0.29, 0.717) is 0 Å². The Hall–Kier alpha value is -0.600. The Morgan fingerprint density at radius 1 is 1.31 bits per heavy atom. The standard InChI is InChI=1S/C14H18BrN/c1-2-9-16-10-7-12(8-11-16)13-5-3-4-6-14(13)15/h2-6,12H,1,7-11H2. The highest BCUT2D eigenvalue weighted by molar-refractivity contribution is 9.10. The van der Waals surface area contributed by atoms with Crippen molar-refractivity contribution in [3.63, 3.8) is 0 Å². The van der Waals surface area contributed by atoms with Crippen molar-refractivity contribution < 1.29 is 0 Å². The number of likely N-dealkylation sites (tertiary alicyclic amines) is 1. The van der Waals surface area contributed by atoms with Gasteiger partial charge in [0, 0.05) is 11.0 Å². The van der Waals surface area contributed by atoms with Gasteiger partial charge >= 0.3 is 0 Å². The van der Waals surface area contributed by atoms with Crippen molar-refractivity contribution >= 4 is 15.9 Å². The van der Waals surface area contributed by atoms with Crippen LogP contribution in [0.3, 0.4) is 0 Å². The van der Waals surface area contributed by atoms with Crippen LogP contribution in [0.4, 0.5) is 0 Å². The second kappa shape index (κ2) is 5.65. The molecule has 1 aliphatic rings. The summed E-state index contributed by atoms with van der Waals surface area (Å²) in [6, 6.07) is 8.61. The predicted molar refractivity (Wildman–Crippen MR) is 72.8 cm³/mol.